The fourth-order valence-electron chi connectivity index (χ4n) is 6.42. The molecule has 0 unspecified atom stereocenters. The van der Waals surface area contributed by atoms with Crippen LogP contribution in [0, 0.1) is 0 Å². The molecule has 4 nitrogen and oxygen atoms in total. The second kappa shape index (κ2) is 11.3. The number of hydrogen-bond acceptors (Lipinski definition) is 2. The Kier molecular flexibility index (Phi) is 7.47. The maximum Gasteiger partial charge on any atom is 0.145 e. The molecule has 7 aromatic rings. The number of para-hydroxylation sites is 3. The summed E-state index contributed by atoms with van der Waals surface area (Å²) in [4.78, 5) is 14.4. The molecule has 0 saturated carbocycles. The van der Waals surface area contributed by atoms with E-state index in [2.05, 4.69) is 181 Å². The molecule has 0 amide bonds. The van der Waals surface area contributed by atoms with E-state index < -0.39 is 0 Å². The van der Waals surface area contributed by atoms with E-state index in [1.165, 1.54) is 16.8 Å². The van der Waals surface area contributed by atoms with Crippen LogP contribution in [0.1, 0.15) is 79.1 Å². The maximum absolute atomic E-state index is 5.45. The lowest BCUT2D eigenvalue weighted by Gasteiger charge is -2.23. The smallest absolute Gasteiger partial charge is 0.145 e. The summed E-state index contributed by atoms with van der Waals surface area (Å²) in [5.41, 5.74) is 13.2. The van der Waals surface area contributed by atoms with E-state index in [9.17, 15) is 0 Å². The van der Waals surface area contributed by atoms with Gasteiger partial charge in [-0.15, -0.1) is 0 Å². The highest BCUT2D eigenvalue weighted by Gasteiger charge is 2.23. The van der Waals surface area contributed by atoms with Gasteiger partial charge in [-0.2, -0.15) is 0 Å². The first kappa shape index (κ1) is 31.6. The summed E-state index contributed by atoms with van der Waals surface area (Å²) in [5.74, 6) is 0.923. The summed E-state index contributed by atoms with van der Waals surface area (Å²) < 4.78 is 2.28. The van der Waals surface area contributed by atoms with Gasteiger partial charge in [-0.1, -0.05) is 98.7 Å². The molecule has 48 heavy (non-hydrogen) atoms. The first-order valence-electron chi connectivity index (χ1n) is 17.0. The number of aromatic amines is 1. The van der Waals surface area contributed by atoms with Crippen LogP contribution in [0.15, 0.2) is 109 Å². The average molecular weight is 631 g/mol. The van der Waals surface area contributed by atoms with Crippen LogP contribution in [-0.2, 0) is 16.2 Å². The maximum atomic E-state index is 5.45. The molecule has 0 fully saturated rings. The molecule has 3 aromatic heterocycles. The van der Waals surface area contributed by atoms with E-state index in [4.69, 9.17) is 9.97 Å². The average Bonchev–Trinajstić information content (AvgIpc) is 3.70. The largest absolute Gasteiger partial charge is 0.358 e. The first-order valence-corrected chi connectivity index (χ1v) is 17.0. The molecule has 0 radical (unpaired) electrons. The number of hydrogen-bond donors (Lipinski definition) is 1. The summed E-state index contributed by atoms with van der Waals surface area (Å²) in [6.45, 7) is 20.4. The van der Waals surface area contributed by atoms with Crippen molar-refractivity contribution >= 4 is 21.9 Å². The van der Waals surface area contributed by atoms with Gasteiger partial charge >= 0.3 is 0 Å². The lowest BCUT2D eigenvalue weighted by Crippen LogP contribution is -2.12. The molecule has 0 aliphatic heterocycles. The van der Waals surface area contributed by atoms with Gasteiger partial charge in [0.25, 0.3) is 0 Å². The second-order valence-electron chi connectivity index (χ2n) is 16.2. The summed E-state index contributed by atoms with van der Waals surface area (Å²) in [5, 5.41) is 1.14. The van der Waals surface area contributed by atoms with Crippen LogP contribution in [0.25, 0.3) is 61.5 Å². The lowest BCUT2D eigenvalue weighted by molar-refractivity contribution is 0.573. The summed E-state index contributed by atoms with van der Waals surface area (Å²) in [6.07, 6.45) is 0. The molecule has 0 aliphatic rings. The highest BCUT2D eigenvalue weighted by molar-refractivity contribution is 5.95. The van der Waals surface area contributed by atoms with Crippen molar-refractivity contribution in [1.29, 1.82) is 0 Å². The van der Waals surface area contributed by atoms with Crippen LogP contribution in [0.2, 0.25) is 0 Å². The molecule has 4 aromatic carbocycles. The monoisotopic (exact) mass is 630 g/mol. The zero-order valence-corrected chi connectivity index (χ0v) is 29.7. The van der Waals surface area contributed by atoms with Gasteiger partial charge in [0.1, 0.15) is 5.82 Å². The molecule has 3 heterocycles. The van der Waals surface area contributed by atoms with E-state index in [0.29, 0.717) is 0 Å². The zero-order chi connectivity index (χ0) is 34.0. The Hall–Kier alpha value is -4.96. The van der Waals surface area contributed by atoms with Gasteiger partial charge in [-0.25, -0.2) is 9.97 Å². The number of nitrogens with one attached hydrogen (secondary N) is 1. The number of fused-ring (bicyclic) bond motifs is 2. The number of rotatable bonds is 4. The van der Waals surface area contributed by atoms with Crippen LogP contribution < -0.4 is 0 Å². The second-order valence-corrected chi connectivity index (χ2v) is 16.2. The molecule has 7 rings (SSSR count). The van der Waals surface area contributed by atoms with Crippen molar-refractivity contribution in [3.05, 3.63) is 126 Å². The van der Waals surface area contributed by atoms with Crippen LogP contribution in [0.5, 0.6) is 0 Å². The van der Waals surface area contributed by atoms with Gasteiger partial charge in [0.15, 0.2) is 0 Å². The lowest BCUT2D eigenvalue weighted by atomic mass is 9.84. The third-order valence-electron chi connectivity index (χ3n) is 9.37. The Balaban J connectivity index is 1.46. The van der Waals surface area contributed by atoms with Crippen LogP contribution in [0.4, 0.5) is 0 Å². The Morgan fingerprint density at radius 3 is 1.92 bits per heavy atom. The fourth-order valence-corrected chi connectivity index (χ4v) is 6.42. The molecular formula is C44H46N4. The fraction of sp³-hybridized carbons (Fsp3) is 0.273. The molecule has 0 saturated heterocycles. The van der Waals surface area contributed by atoms with Gasteiger partial charge in [-0.3, -0.25) is 4.57 Å². The number of aromatic nitrogens is 4. The van der Waals surface area contributed by atoms with E-state index in [-0.39, 0.29) is 16.2 Å². The summed E-state index contributed by atoms with van der Waals surface area (Å²) >= 11 is 0. The molecule has 242 valence electrons. The van der Waals surface area contributed by atoms with E-state index in [1.807, 2.05) is 0 Å². The molecule has 0 atom stereocenters. The quantitative estimate of drug-likeness (QED) is 0.210. The van der Waals surface area contributed by atoms with Gasteiger partial charge in [0.05, 0.1) is 22.2 Å². The topological polar surface area (TPSA) is 46.5 Å². The van der Waals surface area contributed by atoms with E-state index in [1.54, 1.807) is 0 Å². The van der Waals surface area contributed by atoms with Crippen molar-refractivity contribution in [2.45, 2.75) is 78.6 Å². The molecule has 1 N–H and O–H groups in total. The van der Waals surface area contributed by atoms with E-state index in [0.717, 1.165) is 61.5 Å². The molecule has 0 bridgehead atoms. The number of nitrogens with zero attached hydrogens (tertiary/aromatic N) is 3. The highest BCUT2D eigenvalue weighted by Crippen LogP contribution is 2.39. The Morgan fingerprint density at radius 1 is 0.562 bits per heavy atom. The van der Waals surface area contributed by atoms with Crippen LogP contribution >= 0.6 is 0 Å². The molecular weight excluding hydrogens is 585 g/mol. The Labute approximate surface area is 284 Å². The normalized spacial score (nSPS) is 12.7. The van der Waals surface area contributed by atoms with Crippen LogP contribution in [0.3, 0.4) is 0 Å². The summed E-state index contributed by atoms with van der Waals surface area (Å²) in [7, 11) is 0. The standard InChI is InChI=1S/C44H46N4/c1-42(2,3)31-25-29(23-30(26-31)41-47-37-17-13-14-18-38(37)48(41)33-15-11-10-12-16-33)35-20-19-28-24-32(43(4,5)6)27-34(40(28)46-35)36-21-22-39(45-36)44(7,8)9/h10-27,45H,1-9H3. The van der Waals surface area contributed by atoms with Crippen molar-refractivity contribution < 1.29 is 0 Å². The highest BCUT2D eigenvalue weighted by atomic mass is 15.1. The predicted molar refractivity (Wildman–Crippen MR) is 203 cm³/mol. The number of benzene rings is 4. The minimum Gasteiger partial charge on any atom is -0.358 e. The van der Waals surface area contributed by atoms with Crippen molar-refractivity contribution in [3.63, 3.8) is 0 Å². The van der Waals surface area contributed by atoms with Crippen molar-refractivity contribution in [3.8, 4) is 39.6 Å². The van der Waals surface area contributed by atoms with Gasteiger partial charge < -0.3 is 4.98 Å². The Bertz CT molecular complexity index is 2280. The van der Waals surface area contributed by atoms with Crippen molar-refractivity contribution in [2.75, 3.05) is 0 Å². The van der Waals surface area contributed by atoms with Gasteiger partial charge in [0.2, 0.25) is 0 Å². The Morgan fingerprint density at radius 2 is 1.23 bits per heavy atom. The molecule has 4 heteroatoms. The number of pyridine rings is 1. The molecule has 0 spiro atoms. The minimum absolute atomic E-state index is 0.00120. The zero-order valence-electron chi connectivity index (χ0n) is 29.7. The first-order chi connectivity index (χ1) is 22.7. The molecule has 0 aliphatic carbocycles. The number of H-pyrrole nitrogens is 1. The minimum atomic E-state index is -0.0778. The predicted octanol–water partition coefficient (Wildman–Crippen LogP) is 11.8. The third-order valence-corrected chi connectivity index (χ3v) is 9.37. The van der Waals surface area contributed by atoms with Gasteiger partial charge in [0, 0.05) is 44.6 Å². The SMILES string of the molecule is CC(C)(C)c1cc(-c2ccc3cc(C(C)(C)C)cc(-c4ccc(C(C)(C)C)[nH]4)c3n2)cc(-c2nc3ccccc3n2-c2ccccc2)c1. The van der Waals surface area contributed by atoms with Crippen molar-refractivity contribution in [1.82, 2.24) is 19.5 Å². The van der Waals surface area contributed by atoms with Crippen LogP contribution in [-0.4, -0.2) is 19.5 Å². The summed E-state index contributed by atoms with van der Waals surface area (Å²) in [6, 6.07) is 39.3. The van der Waals surface area contributed by atoms with E-state index >= 15 is 0 Å². The third kappa shape index (κ3) is 5.85. The number of imidazole rings is 1. The van der Waals surface area contributed by atoms with Gasteiger partial charge in [-0.05, 0) is 94.8 Å². The van der Waals surface area contributed by atoms with Crippen molar-refractivity contribution in [2.24, 2.45) is 0 Å².